The number of nitrogens with one attached hydrogen (secondary N) is 1. The lowest BCUT2D eigenvalue weighted by Gasteiger charge is -2.45. The summed E-state index contributed by atoms with van der Waals surface area (Å²) in [5.74, 6) is 0.831. The molecule has 0 bridgehead atoms. The van der Waals surface area contributed by atoms with Crippen LogP contribution in [0, 0.1) is 0 Å². The Labute approximate surface area is 214 Å². The molecule has 4 rings (SSSR count). The minimum absolute atomic E-state index is 0.0151. The lowest BCUT2D eigenvalue weighted by Crippen LogP contribution is -2.50. The Morgan fingerprint density at radius 3 is 2.42 bits per heavy atom. The van der Waals surface area contributed by atoms with Gasteiger partial charge in [0.15, 0.2) is 11.5 Å². The average Bonchev–Trinajstić information content (AvgIpc) is 2.89. The summed E-state index contributed by atoms with van der Waals surface area (Å²) in [6.07, 6.45) is 1.60. The van der Waals surface area contributed by atoms with Gasteiger partial charge in [0.1, 0.15) is 0 Å². The lowest BCUT2D eigenvalue weighted by molar-refractivity contribution is -0.124. The Balaban J connectivity index is 1.70. The first-order chi connectivity index (χ1) is 17.5. The molecule has 0 spiro atoms. The van der Waals surface area contributed by atoms with E-state index in [4.69, 9.17) is 9.47 Å². The molecule has 2 aromatic carbocycles. The Bertz CT molecular complexity index is 1080. The average molecular weight is 494 g/mol. The second kappa shape index (κ2) is 11.8. The van der Waals surface area contributed by atoms with Gasteiger partial charge in [0.05, 0.1) is 25.2 Å². The van der Waals surface area contributed by atoms with Gasteiger partial charge in [-0.05, 0) is 81.2 Å². The summed E-state index contributed by atoms with van der Waals surface area (Å²) >= 11 is 0. The highest BCUT2D eigenvalue weighted by Crippen LogP contribution is 2.48. The highest BCUT2D eigenvalue weighted by Gasteiger charge is 2.46. The van der Waals surface area contributed by atoms with E-state index in [1.54, 1.807) is 0 Å². The van der Waals surface area contributed by atoms with Crippen molar-refractivity contribution in [2.45, 2.75) is 52.5 Å². The van der Waals surface area contributed by atoms with E-state index in [0.29, 0.717) is 49.8 Å². The summed E-state index contributed by atoms with van der Waals surface area (Å²) in [4.78, 5) is 31.5. The van der Waals surface area contributed by atoms with Gasteiger partial charge in [-0.3, -0.25) is 9.59 Å². The summed E-state index contributed by atoms with van der Waals surface area (Å²) in [5.41, 5.74) is 3.50. The van der Waals surface area contributed by atoms with E-state index in [-0.39, 0.29) is 17.9 Å². The second-order valence-electron chi connectivity index (χ2n) is 9.29. The molecular weight excluding hydrogens is 454 g/mol. The minimum Gasteiger partial charge on any atom is -0.490 e. The molecule has 2 aliphatic rings. The molecule has 2 unspecified atom stereocenters. The quantitative estimate of drug-likeness (QED) is 0.476. The zero-order chi connectivity index (χ0) is 25.7. The first-order valence-electron chi connectivity index (χ1n) is 13.4. The highest BCUT2D eigenvalue weighted by atomic mass is 16.5. The van der Waals surface area contributed by atoms with Crippen molar-refractivity contribution in [2.24, 2.45) is 0 Å². The maximum atomic E-state index is 13.8. The van der Waals surface area contributed by atoms with Gasteiger partial charge in [0.2, 0.25) is 5.91 Å². The topological polar surface area (TPSA) is 71.1 Å². The number of hydrogen-bond acceptors (Lipinski definition) is 5. The first-order valence-corrected chi connectivity index (χ1v) is 13.4. The largest absolute Gasteiger partial charge is 0.490 e. The van der Waals surface area contributed by atoms with E-state index in [1.165, 1.54) is 0 Å². The molecule has 36 heavy (non-hydrogen) atoms. The van der Waals surface area contributed by atoms with Crippen molar-refractivity contribution in [3.05, 3.63) is 58.7 Å². The van der Waals surface area contributed by atoms with Crippen molar-refractivity contribution in [1.82, 2.24) is 15.1 Å². The number of ether oxygens (including phenoxy) is 2. The van der Waals surface area contributed by atoms with Crippen LogP contribution in [-0.2, 0) is 11.2 Å². The van der Waals surface area contributed by atoms with Crippen LogP contribution in [0.25, 0.3) is 0 Å². The number of amides is 2. The summed E-state index contributed by atoms with van der Waals surface area (Å²) in [5, 5.41) is 3.19. The predicted octanol–water partition coefficient (Wildman–Crippen LogP) is 4.17. The van der Waals surface area contributed by atoms with Gasteiger partial charge >= 0.3 is 0 Å². The normalized spacial score (nSPS) is 18.4. The van der Waals surface area contributed by atoms with Gasteiger partial charge in [0, 0.05) is 18.7 Å². The van der Waals surface area contributed by atoms with Crippen LogP contribution in [0.2, 0.25) is 0 Å². The summed E-state index contributed by atoms with van der Waals surface area (Å²) in [7, 11) is 0. The van der Waals surface area contributed by atoms with Gasteiger partial charge in [-0.15, -0.1) is 0 Å². The monoisotopic (exact) mass is 493 g/mol. The second-order valence-corrected chi connectivity index (χ2v) is 9.29. The van der Waals surface area contributed by atoms with Crippen LogP contribution in [0.15, 0.2) is 36.4 Å². The van der Waals surface area contributed by atoms with Crippen molar-refractivity contribution in [1.29, 1.82) is 0 Å². The number of hydrogen-bond donors (Lipinski definition) is 1. The predicted molar refractivity (Wildman–Crippen MR) is 141 cm³/mol. The molecule has 2 aliphatic heterocycles. The third-order valence-corrected chi connectivity index (χ3v) is 7.31. The van der Waals surface area contributed by atoms with Crippen LogP contribution in [0.4, 0.5) is 0 Å². The molecule has 0 fully saturated rings. The third-order valence-electron chi connectivity index (χ3n) is 7.31. The van der Waals surface area contributed by atoms with E-state index in [2.05, 4.69) is 24.1 Å². The molecule has 2 amide bonds. The molecule has 2 heterocycles. The van der Waals surface area contributed by atoms with E-state index >= 15 is 0 Å². The molecular formula is C29H39N3O4. The van der Waals surface area contributed by atoms with E-state index in [0.717, 1.165) is 42.7 Å². The number of nitrogens with zero attached hydrogens (tertiary/aromatic N) is 2. The molecule has 2 atom stereocenters. The number of benzene rings is 2. The number of carbonyl (C=O) groups is 2. The fourth-order valence-corrected chi connectivity index (χ4v) is 5.52. The van der Waals surface area contributed by atoms with Crippen LogP contribution in [0.1, 0.15) is 73.1 Å². The fraction of sp³-hybridized carbons (Fsp3) is 0.517. The third kappa shape index (κ3) is 5.07. The van der Waals surface area contributed by atoms with Crippen LogP contribution in [0.5, 0.6) is 11.5 Å². The Hall–Kier alpha value is -3.06. The Kier molecular flexibility index (Phi) is 8.52. The van der Waals surface area contributed by atoms with Gasteiger partial charge in [0.25, 0.3) is 5.91 Å². The van der Waals surface area contributed by atoms with Crippen molar-refractivity contribution < 1.29 is 19.1 Å². The van der Waals surface area contributed by atoms with Crippen molar-refractivity contribution >= 4 is 11.8 Å². The number of fused-ring (bicyclic) bond motifs is 4. The van der Waals surface area contributed by atoms with Crippen LogP contribution < -0.4 is 14.8 Å². The SMILES string of the molecule is CCOc1cc2c(cc1OCC)C1C(C(=O)NCCCN(CC)CC)c3ccccc3C(=O)N1CC2. The van der Waals surface area contributed by atoms with Gasteiger partial charge in [-0.2, -0.15) is 0 Å². The minimum atomic E-state index is -0.487. The number of rotatable bonds is 11. The van der Waals surface area contributed by atoms with Crippen LogP contribution >= 0.6 is 0 Å². The van der Waals surface area contributed by atoms with Crippen molar-refractivity contribution in [3.63, 3.8) is 0 Å². The zero-order valence-electron chi connectivity index (χ0n) is 22.0. The molecule has 0 saturated carbocycles. The maximum Gasteiger partial charge on any atom is 0.254 e. The first kappa shape index (κ1) is 26.0. The molecule has 2 aromatic rings. The van der Waals surface area contributed by atoms with Crippen LogP contribution in [0.3, 0.4) is 0 Å². The van der Waals surface area contributed by atoms with Gasteiger partial charge < -0.3 is 24.6 Å². The Morgan fingerprint density at radius 1 is 1.03 bits per heavy atom. The molecule has 0 radical (unpaired) electrons. The van der Waals surface area contributed by atoms with E-state index < -0.39 is 5.92 Å². The molecule has 194 valence electrons. The maximum absolute atomic E-state index is 13.8. The van der Waals surface area contributed by atoms with Gasteiger partial charge in [-0.25, -0.2) is 0 Å². The lowest BCUT2D eigenvalue weighted by atomic mass is 9.75. The molecule has 7 heteroatoms. The standard InChI is InChI=1S/C29H39N3O4/c1-5-31(6-2)16-11-15-30-28(33)26-21-12-9-10-13-22(21)29(34)32-17-14-20-18-24(35-7-3)25(36-8-4)19-23(20)27(26)32/h9-10,12-13,18-19,26-27H,5-8,11,14-17H2,1-4H3,(H,30,33). The smallest absolute Gasteiger partial charge is 0.254 e. The molecule has 0 aliphatic carbocycles. The van der Waals surface area contributed by atoms with Crippen molar-refractivity contribution in [2.75, 3.05) is 45.9 Å². The number of carbonyl (C=O) groups excluding carboxylic acids is 2. The Morgan fingerprint density at radius 2 is 1.72 bits per heavy atom. The summed E-state index contributed by atoms with van der Waals surface area (Å²) < 4.78 is 11.8. The van der Waals surface area contributed by atoms with Crippen LogP contribution in [-0.4, -0.2) is 67.6 Å². The molecule has 1 N–H and O–H groups in total. The summed E-state index contributed by atoms with van der Waals surface area (Å²) in [6.45, 7) is 13.4. The highest BCUT2D eigenvalue weighted by molar-refractivity contribution is 6.01. The van der Waals surface area contributed by atoms with E-state index in [9.17, 15) is 9.59 Å². The van der Waals surface area contributed by atoms with Crippen molar-refractivity contribution in [3.8, 4) is 11.5 Å². The zero-order valence-corrected chi connectivity index (χ0v) is 22.0. The molecule has 7 nitrogen and oxygen atoms in total. The fourth-order valence-electron chi connectivity index (χ4n) is 5.52. The van der Waals surface area contributed by atoms with Gasteiger partial charge in [-0.1, -0.05) is 32.0 Å². The van der Waals surface area contributed by atoms with E-state index in [1.807, 2.05) is 55.1 Å². The molecule has 0 aromatic heterocycles. The summed E-state index contributed by atoms with van der Waals surface area (Å²) in [6, 6.07) is 11.2. The molecule has 0 saturated heterocycles.